The molecule has 0 aliphatic heterocycles. The fourth-order valence-electron chi connectivity index (χ4n) is 0.118. The Bertz CT molecular complexity index is 55.5. The van der Waals surface area contributed by atoms with Crippen LogP contribution in [0.2, 0.25) is 0 Å². The summed E-state index contributed by atoms with van der Waals surface area (Å²) >= 11 is 0. The standard InChI is InChI=1S/C2H7O2PS/c1-2-5-6(3)4/h5H,2H2,1H3,(H,3,4)/p-1. The van der Waals surface area contributed by atoms with Gasteiger partial charge in [0.2, 0.25) is 0 Å². The van der Waals surface area contributed by atoms with E-state index in [1.807, 2.05) is 6.92 Å². The zero-order chi connectivity index (χ0) is 4.99. The molecule has 0 amide bonds. The number of rotatable bonds is 2. The Morgan fingerprint density at radius 3 is 2.50 bits per heavy atom. The van der Waals surface area contributed by atoms with Crippen molar-refractivity contribution in [3.63, 3.8) is 0 Å². The van der Waals surface area contributed by atoms with E-state index in [1.165, 1.54) is 0 Å². The highest BCUT2D eigenvalue weighted by atomic mass is 32.7. The SMILES string of the molecule is CCPS(=O)[O-]. The van der Waals surface area contributed by atoms with Crippen LogP contribution < -0.4 is 0 Å². The van der Waals surface area contributed by atoms with Gasteiger partial charge in [-0.05, 0) is 24.6 Å². The lowest BCUT2D eigenvalue weighted by Gasteiger charge is -1.97. The summed E-state index contributed by atoms with van der Waals surface area (Å²) in [7, 11) is -1.70. The third-order valence-electron chi connectivity index (χ3n) is 0.262. The fraction of sp³-hybridized carbons (Fsp3) is 1.00. The molecule has 0 spiro atoms. The average molecular weight is 125 g/mol. The molecule has 0 heterocycles. The molecule has 0 aromatic heterocycles. The van der Waals surface area contributed by atoms with E-state index < -0.39 is 10.7 Å². The normalized spacial score (nSPS) is 16.3. The van der Waals surface area contributed by atoms with E-state index in [2.05, 4.69) is 0 Å². The van der Waals surface area contributed by atoms with Crippen molar-refractivity contribution < 1.29 is 8.76 Å². The molecule has 0 aliphatic rings. The second-order valence-electron chi connectivity index (χ2n) is 0.733. The minimum atomic E-state index is -1.79. The first kappa shape index (κ1) is 6.54. The summed E-state index contributed by atoms with van der Waals surface area (Å²) < 4.78 is 19.2. The molecule has 2 nitrogen and oxygen atoms in total. The van der Waals surface area contributed by atoms with Crippen molar-refractivity contribution in [2.75, 3.05) is 6.16 Å². The first-order chi connectivity index (χ1) is 2.77. The van der Waals surface area contributed by atoms with Crippen molar-refractivity contribution in [1.82, 2.24) is 0 Å². The highest BCUT2D eigenvalue weighted by Gasteiger charge is 1.72. The van der Waals surface area contributed by atoms with Crippen molar-refractivity contribution in [1.29, 1.82) is 0 Å². The Kier molecular flexibility index (Phi) is 4.06. The van der Waals surface area contributed by atoms with E-state index in [0.29, 0.717) is 0 Å². The molecule has 0 rings (SSSR count). The van der Waals surface area contributed by atoms with Crippen LogP contribution in [0.1, 0.15) is 6.92 Å². The molecule has 0 radical (unpaired) electrons. The highest BCUT2D eigenvalue weighted by molar-refractivity contribution is 8.36. The minimum Gasteiger partial charge on any atom is -0.769 e. The Labute approximate surface area is 41.1 Å². The van der Waals surface area contributed by atoms with Crippen molar-refractivity contribution in [3.8, 4) is 0 Å². The van der Waals surface area contributed by atoms with Crippen LogP contribution in [0, 0.1) is 0 Å². The number of hydrogen-bond acceptors (Lipinski definition) is 2. The summed E-state index contributed by atoms with van der Waals surface area (Å²) in [5.41, 5.74) is 0. The zero-order valence-corrected chi connectivity index (χ0v) is 5.25. The molecule has 4 heteroatoms. The lowest BCUT2D eigenvalue weighted by molar-refractivity contribution is 0.552. The van der Waals surface area contributed by atoms with Crippen LogP contribution in [0.25, 0.3) is 0 Å². The highest BCUT2D eigenvalue weighted by Crippen LogP contribution is 2.10. The van der Waals surface area contributed by atoms with Crippen LogP contribution in [0.15, 0.2) is 0 Å². The summed E-state index contributed by atoms with van der Waals surface area (Å²) in [5.74, 6) is 0. The van der Waals surface area contributed by atoms with Crippen LogP contribution in [0.3, 0.4) is 0 Å². The predicted molar refractivity (Wildman–Crippen MR) is 27.8 cm³/mol. The van der Waals surface area contributed by atoms with E-state index in [0.717, 1.165) is 6.16 Å². The third kappa shape index (κ3) is 4.54. The quantitative estimate of drug-likeness (QED) is 0.397. The minimum absolute atomic E-state index is 0.0880. The van der Waals surface area contributed by atoms with Gasteiger partial charge in [-0.1, -0.05) is 6.92 Å². The third-order valence-corrected chi connectivity index (χ3v) is 2.36. The molecule has 0 N–H and O–H groups in total. The Hall–Kier alpha value is 0.540. The van der Waals surface area contributed by atoms with Crippen LogP contribution in [-0.4, -0.2) is 14.9 Å². The molecule has 6 heavy (non-hydrogen) atoms. The number of hydrogen-bond donors (Lipinski definition) is 0. The van der Waals surface area contributed by atoms with Gasteiger partial charge in [0, 0.05) is 0 Å². The molecule has 38 valence electrons. The topological polar surface area (TPSA) is 40.1 Å². The largest absolute Gasteiger partial charge is 0.769 e. The molecule has 0 aliphatic carbocycles. The summed E-state index contributed by atoms with van der Waals surface area (Å²) in [6, 6.07) is 0. The van der Waals surface area contributed by atoms with Gasteiger partial charge in [-0.15, -0.1) is 0 Å². The first-order valence-electron chi connectivity index (χ1n) is 1.60. The second kappa shape index (κ2) is 3.72. The molecule has 2 atom stereocenters. The predicted octanol–water partition coefficient (Wildman–Crippen LogP) is 0.479. The second-order valence-corrected chi connectivity index (χ2v) is 4.06. The lowest BCUT2D eigenvalue weighted by atomic mass is 11.0. The average Bonchev–Trinajstić information content (AvgIpc) is 1.35. The molecule has 0 fully saturated rings. The molecule has 0 aromatic rings. The van der Waals surface area contributed by atoms with E-state index >= 15 is 0 Å². The Morgan fingerprint density at radius 2 is 2.50 bits per heavy atom. The lowest BCUT2D eigenvalue weighted by Crippen LogP contribution is -1.72. The van der Waals surface area contributed by atoms with E-state index in [-0.39, 0.29) is 7.78 Å². The molecular weight excluding hydrogens is 119 g/mol. The van der Waals surface area contributed by atoms with Gasteiger partial charge in [-0.2, -0.15) is 0 Å². The maximum Gasteiger partial charge on any atom is -0.0276 e. The summed E-state index contributed by atoms with van der Waals surface area (Å²) in [6.07, 6.45) is 0.746. The molecule has 0 aromatic carbocycles. The van der Waals surface area contributed by atoms with Crippen molar-refractivity contribution in [3.05, 3.63) is 0 Å². The zero-order valence-electron chi connectivity index (χ0n) is 3.43. The van der Waals surface area contributed by atoms with E-state index in [4.69, 9.17) is 0 Å². The van der Waals surface area contributed by atoms with Crippen LogP contribution in [0.4, 0.5) is 0 Å². The van der Waals surface area contributed by atoms with Gasteiger partial charge in [0.25, 0.3) is 0 Å². The van der Waals surface area contributed by atoms with Crippen molar-refractivity contribution in [2.45, 2.75) is 6.92 Å². The first-order valence-corrected chi connectivity index (χ1v) is 4.60. The van der Waals surface area contributed by atoms with Gasteiger partial charge in [0.05, 0.1) is 0 Å². The van der Waals surface area contributed by atoms with Gasteiger partial charge in [0.1, 0.15) is 0 Å². The van der Waals surface area contributed by atoms with Crippen LogP contribution in [0.5, 0.6) is 0 Å². The van der Waals surface area contributed by atoms with Crippen LogP contribution in [-0.2, 0) is 10.7 Å². The summed E-state index contributed by atoms with van der Waals surface area (Å²) in [5, 5.41) is 0. The van der Waals surface area contributed by atoms with Crippen molar-refractivity contribution in [2.24, 2.45) is 0 Å². The van der Waals surface area contributed by atoms with E-state index in [9.17, 15) is 8.76 Å². The molecule has 2 unspecified atom stereocenters. The fourth-order valence-corrected chi connectivity index (χ4v) is 1.06. The van der Waals surface area contributed by atoms with Crippen molar-refractivity contribution >= 4 is 18.5 Å². The monoisotopic (exact) mass is 125 g/mol. The van der Waals surface area contributed by atoms with Crippen LogP contribution >= 0.6 is 7.78 Å². The Balaban J connectivity index is 2.83. The van der Waals surface area contributed by atoms with Gasteiger partial charge < -0.3 is 4.55 Å². The van der Waals surface area contributed by atoms with Gasteiger partial charge in [0.15, 0.2) is 0 Å². The maximum atomic E-state index is 9.61. The smallest absolute Gasteiger partial charge is 0.0276 e. The Morgan fingerprint density at radius 1 is 2.00 bits per heavy atom. The van der Waals surface area contributed by atoms with Gasteiger partial charge in [-0.25, -0.2) is 0 Å². The summed E-state index contributed by atoms with van der Waals surface area (Å²) in [6.45, 7) is 1.84. The van der Waals surface area contributed by atoms with Gasteiger partial charge >= 0.3 is 0 Å². The maximum absolute atomic E-state index is 9.61. The molecule has 0 saturated carbocycles. The van der Waals surface area contributed by atoms with Gasteiger partial charge in [-0.3, -0.25) is 4.21 Å². The molecular formula is C2H6O2PS-. The summed E-state index contributed by atoms with van der Waals surface area (Å²) in [4.78, 5) is 0. The molecule has 0 bridgehead atoms. The van der Waals surface area contributed by atoms with E-state index in [1.54, 1.807) is 0 Å². The molecule has 0 saturated heterocycles.